The number of imidazole rings is 1. The molecule has 0 saturated heterocycles. The lowest BCUT2D eigenvalue weighted by molar-refractivity contribution is 0.414. The van der Waals surface area contributed by atoms with Crippen LogP contribution in [0.15, 0.2) is 42.5 Å². The van der Waals surface area contributed by atoms with Gasteiger partial charge in [0.15, 0.2) is 0 Å². The van der Waals surface area contributed by atoms with Crippen molar-refractivity contribution < 1.29 is 4.74 Å². The van der Waals surface area contributed by atoms with Crippen molar-refractivity contribution in [3.63, 3.8) is 0 Å². The first-order valence-corrected chi connectivity index (χ1v) is 6.30. The lowest BCUT2D eigenvalue weighted by atomic mass is 10.1. The molecular weight excluding hydrogens is 250 g/mol. The molecule has 20 heavy (non-hydrogen) atoms. The number of hydrogen-bond acceptors (Lipinski definition) is 3. The zero-order valence-corrected chi connectivity index (χ0v) is 11.1. The molecule has 0 atom stereocenters. The molecule has 0 bridgehead atoms. The first kappa shape index (κ1) is 12.2. The lowest BCUT2D eigenvalue weighted by Crippen LogP contribution is -1.91. The topological polar surface area (TPSA) is 61.7 Å². The van der Waals surface area contributed by atoms with Crippen molar-refractivity contribution in [2.45, 2.75) is 6.42 Å². The Bertz CT molecular complexity index is 799. The van der Waals surface area contributed by atoms with Gasteiger partial charge in [-0.15, -0.1) is 0 Å². The number of fused-ring (bicyclic) bond motifs is 1. The molecule has 0 spiro atoms. The number of rotatable bonds is 3. The van der Waals surface area contributed by atoms with Crippen LogP contribution in [0.25, 0.3) is 11.0 Å². The first-order valence-electron chi connectivity index (χ1n) is 6.30. The molecule has 98 valence electrons. The van der Waals surface area contributed by atoms with E-state index >= 15 is 0 Å². The fraction of sp³-hybridized carbons (Fsp3) is 0.125. The number of aromatic nitrogens is 2. The maximum atomic E-state index is 8.90. The van der Waals surface area contributed by atoms with Crippen LogP contribution >= 0.6 is 0 Å². The van der Waals surface area contributed by atoms with Gasteiger partial charge in [-0.3, -0.25) is 0 Å². The zero-order chi connectivity index (χ0) is 13.9. The Morgan fingerprint density at radius 3 is 2.95 bits per heavy atom. The summed E-state index contributed by atoms with van der Waals surface area (Å²) in [6, 6.07) is 15.5. The van der Waals surface area contributed by atoms with Crippen molar-refractivity contribution in [2.75, 3.05) is 7.11 Å². The van der Waals surface area contributed by atoms with Gasteiger partial charge in [0.1, 0.15) is 11.6 Å². The molecule has 3 aromatic rings. The number of H-pyrrole nitrogens is 1. The molecule has 0 unspecified atom stereocenters. The summed E-state index contributed by atoms with van der Waals surface area (Å²) in [5, 5.41) is 8.90. The molecule has 4 heteroatoms. The minimum atomic E-state index is 0.633. The molecule has 2 aromatic carbocycles. The van der Waals surface area contributed by atoms with Gasteiger partial charge in [0.2, 0.25) is 0 Å². The largest absolute Gasteiger partial charge is 0.497 e. The van der Waals surface area contributed by atoms with Crippen LogP contribution in [-0.2, 0) is 6.42 Å². The van der Waals surface area contributed by atoms with Gasteiger partial charge in [-0.25, -0.2) is 4.98 Å². The van der Waals surface area contributed by atoms with E-state index in [2.05, 4.69) is 16.0 Å². The van der Waals surface area contributed by atoms with E-state index in [0.717, 1.165) is 28.2 Å². The number of aromatic amines is 1. The van der Waals surface area contributed by atoms with E-state index in [1.54, 1.807) is 13.2 Å². The Balaban J connectivity index is 1.92. The second-order valence-corrected chi connectivity index (χ2v) is 4.56. The van der Waals surface area contributed by atoms with Crippen molar-refractivity contribution >= 4 is 11.0 Å². The number of benzene rings is 2. The standard InChI is InChI=1S/C16H13N3O/c1-20-13-4-2-3-11(7-13)9-16-18-14-6-5-12(10-17)8-15(14)19-16/h2-8H,9H2,1H3,(H,18,19). The van der Waals surface area contributed by atoms with Gasteiger partial charge in [-0.1, -0.05) is 12.1 Å². The number of nitrogens with one attached hydrogen (secondary N) is 1. The predicted octanol–water partition coefficient (Wildman–Crippen LogP) is 3.03. The fourth-order valence-electron chi connectivity index (χ4n) is 2.19. The van der Waals surface area contributed by atoms with Crippen LogP contribution in [0.1, 0.15) is 17.0 Å². The summed E-state index contributed by atoms with van der Waals surface area (Å²) in [6.45, 7) is 0. The van der Waals surface area contributed by atoms with Gasteiger partial charge in [-0.2, -0.15) is 5.26 Å². The molecule has 1 N–H and O–H groups in total. The van der Waals surface area contributed by atoms with E-state index in [9.17, 15) is 0 Å². The van der Waals surface area contributed by atoms with Crippen LogP contribution in [-0.4, -0.2) is 17.1 Å². The van der Waals surface area contributed by atoms with Gasteiger partial charge < -0.3 is 9.72 Å². The number of hydrogen-bond donors (Lipinski definition) is 1. The highest BCUT2D eigenvalue weighted by Crippen LogP contribution is 2.18. The van der Waals surface area contributed by atoms with E-state index in [1.165, 1.54) is 0 Å². The molecule has 3 rings (SSSR count). The van der Waals surface area contributed by atoms with Crippen molar-refractivity contribution in [2.24, 2.45) is 0 Å². The second-order valence-electron chi connectivity index (χ2n) is 4.56. The van der Waals surface area contributed by atoms with Crippen LogP contribution < -0.4 is 4.74 Å². The molecule has 0 fully saturated rings. The third-order valence-electron chi connectivity index (χ3n) is 3.17. The molecule has 0 aliphatic heterocycles. The molecular formula is C16H13N3O. The van der Waals surface area contributed by atoms with Gasteiger partial charge in [0, 0.05) is 6.42 Å². The molecule has 0 aliphatic carbocycles. The second kappa shape index (κ2) is 5.06. The molecule has 0 saturated carbocycles. The predicted molar refractivity (Wildman–Crippen MR) is 76.6 cm³/mol. The van der Waals surface area contributed by atoms with E-state index in [1.807, 2.05) is 36.4 Å². The van der Waals surface area contributed by atoms with E-state index in [4.69, 9.17) is 10.00 Å². The van der Waals surface area contributed by atoms with Crippen molar-refractivity contribution in [3.05, 3.63) is 59.4 Å². The minimum absolute atomic E-state index is 0.633. The Hall–Kier alpha value is -2.80. The highest BCUT2D eigenvalue weighted by Gasteiger charge is 2.05. The normalized spacial score (nSPS) is 10.4. The van der Waals surface area contributed by atoms with Crippen LogP contribution in [0.4, 0.5) is 0 Å². The summed E-state index contributed by atoms with van der Waals surface area (Å²) in [7, 11) is 1.66. The van der Waals surface area contributed by atoms with Gasteiger partial charge >= 0.3 is 0 Å². The monoisotopic (exact) mass is 263 g/mol. The molecule has 4 nitrogen and oxygen atoms in total. The molecule has 1 heterocycles. The third-order valence-corrected chi connectivity index (χ3v) is 3.17. The van der Waals surface area contributed by atoms with Crippen LogP contribution in [0.5, 0.6) is 5.75 Å². The Kier molecular flexibility index (Phi) is 3.10. The molecule has 0 amide bonds. The summed E-state index contributed by atoms with van der Waals surface area (Å²) in [5.41, 5.74) is 3.53. The maximum absolute atomic E-state index is 8.90. The number of nitriles is 1. The summed E-state index contributed by atoms with van der Waals surface area (Å²) in [4.78, 5) is 7.79. The summed E-state index contributed by atoms with van der Waals surface area (Å²) in [5.74, 6) is 1.72. The Morgan fingerprint density at radius 1 is 1.25 bits per heavy atom. The quantitative estimate of drug-likeness (QED) is 0.790. The van der Waals surface area contributed by atoms with Gasteiger partial charge in [0.25, 0.3) is 0 Å². The van der Waals surface area contributed by atoms with Gasteiger partial charge in [-0.05, 0) is 35.9 Å². The molecule has 0 radical (unpaired) electrons. The highest BCUT2D eigenvalue weighted by molar-refractivity contribution is 5.76. The van der Waals surface area contributed by atoms with Gasteiger partial charge in [0.05, 0.1) is 29.8 Å². The summed E-state index contributed by atoms with van der Waals surface area (Å²) >= 11 is 0. The highest BCUT2D eigenvalue weighted by atomic mass is 16.5. The maximum Gasteiger partial charge on any atom is 0.119 e. The Labute approximate surface area is 116 Å². The van der Waals surface area contributed by atoms with Crippen molar-refractivity contribution in [1.82, 2.24) is 9.97 Å². The third kappa shape index (κ3) is 2.34. The van der Waals surface area contributed by atoms with E-state index < -0.39 is 0 Å². The van der Waals surface area contributed by atoms with Crippen LogP contribution in [0, 0.1) is 11.3 Å². The molecule has 0 aliphatic rings. The molecule has 1 aromatic heterocycles. The van der Waals surface area contributed by atoms with Crippen molar-refractivity contribution in [1.29, 1.82) is 5.26 Å². The van der Waals surface area contributed by atoms with E-state index in [-0.39, 0.29) is 0 Å². The lowest BCUT2D eigenvalue weighted by Gasteiger charge is -2.02. The van der Waals surface area contributed by atoms with Crippen molar-refractivity contribution in [3.8, 4) is 11.8 Å². The van der Waals surface area contributed by atoms with Crippen LogP contribution in [0.2, 0.25) is 0 Å². The number of nitrogens with zero attached hydrogens (tertiary/aromatic N) is 2. The van der Waals surface area contributed by atoms with Crippen LogP contribution in [0.3, 0.4) is 0 Å². The average molecular weight is 263 g/mol. The summed E-state index contributed by atoms with van der Waals surface area (Å²) < 4.78 is 5.22. The summed E-state index contributed by atoms with van der Waals surface area (Å²) in [6.07, 6.45) is 0.702. The number of ether oxygens (including phenoxy) is 1. The minimum Gasteiger partial charge on any atom is -0.497 e. The van der Waals surface area contributed by atoms with E-state index in [0.29, 0.717) is 12.0 Å². The zero-order valence-electron chi connectivity index (χ0n) is 11.1. The fourth-order valence-corrected chi connectivity index (χ4v) is 2.19. The first-order chi connectivity index (χ1) is 9.78. The smallest absolute Gasteiger partial charge is 0.119 e. The average Bonchev–Trinajstić information content (AvgIpc) is 2.88. The SMILES string of the molecule is COc1cccc(Cc2nc3ccc(C#N)cc3[nH]2)c1. The number of methoxy groups -OCH3 is 1. The Morgan fingerprint density at radius 2 is 2.15 bits per heavy atom.